The summed E-state index contributed by atoms with van der Waals surface area (Å²) in [6.45, 7) is 5.88. The Morgan fingerprint density at radius 2 is 2.04 bits per heavy atom. The molecule has 2 amide bonds. The summed E-state index contributed by atoms with van der Waals surface area (Å²) in [7, 11) is 0. The van der Waals surface area contributed by atoms with Gasteiger partial charge in [-0.1, -0.05) is 6.92 Å². The Bertz CT molecular complexity index is 689. The van der Waals surface area contributed by atoms with Crippen LogP contribution in [0.1, 0.15) is 55.5 Å². The summed E-state index contributed by atoms with van der Waals surface area (Å²) in [5.74, 6) is 1.49. The van der Waals surface area contributed by atoms with Gasteiger partial charge in [-0.2, -0.15) is 0 Å². The zero-order valence-corrected chi connectivity index (χ0v) is 15.4. The standard InChI is InChI=1S/C18H27N5O3/c1-2-7-19-16(24)15-21-20-14-10-26-12-18(11-23(14)15)5-8-22(9-6-18)17(25)13-3-4-13/h13H,2-12H2,1H3,(H,19,24). The Labute approximate surface area is 153 Å². The van der Waals surface area contributed by atoms with Crippen LogP contribution in [0.4, 0.5) is 0 Å². The number of hydrogen-bond donors (Lipinski definition) is 1. The summed E-state index contributed by atoms with van der Waals surface area (Å²) < 4.78 is 7.81. The summed E-state index contributed by atoms with van der Waals surface area (Å²) in [6, 6.07) is 0. The van der Waals surface area contributed by atoms with Gasteiger partial charge in [0.2, 0.25) is 11.7 Å². The number of carbonyl (C=O) groups excluding carboxylic acids is 2. The maximum atomic E-state index is 12.4. The van der Waals surface area contributed by atoms with Crippen molar-refractivity contribution in [1.29, 1.82) is 0 Å². The van der Waals surface area contributed by atoms with Gasteiger partial charge in [0.15, 0.2) is 5.82 Å². The first kappa shape index (κ1) is 17.5. The quantitative estimate of drug-likeness (QED) is 0.863. The van der Waals surface area contributed by atoms with Crippen molar-refractivity contribution in [1.82, 2.24) is 25.0 Å². The molecule has 1 N–H and O–H groups in total. The molecule has 4 rings (SSSR count). The van der Waals surface area contributed by atoms with E-state index in [9.17, 15) is 9.59 Å². The van der Waals surface area contributed by atoms with E-state index in [-0.39, 0.29) is 17.2 Å². The van der Waals surface area contributed by atoms with Gasteiger partial charge in [0.05, 0.1) is 6.61 Å². The minimum atomic E-state index is -0.177. The van der Waals surface area contributed by atoms with E-state index in [2.05, 4.69) is 15.5 Å². The van der Waals surface area contributed by atoms with Gasteiger partial charge in [0.1, 0.15) is 6.61 Å². The molecule has 0 bridgehead atoms. The molecule has 3 aliphatic rings. The summed E-state index contributed by atoms with van der Waals surface area (Å²) in [5, 5.41) is 11.1. The molecule has 1 aromatic rings. The van der Waals surface area contributed by atoms with Crippen molar-refractivity contribution in [2.24, 2.45) is 11.3 Å². The molecule has 2 aliphatic heterocycles. The number of hydrogen-bond acceptors (Lipinski definition) is 5. The lowest BCUT2D eigenvalue weighted by atomic mass is 9.78. The monoisotopic (exact) mass is 361 g/mol. The first-order valence-electron chi connectivity index (χ1n) is 9.69. The predicted octanol–water partition coefficient (Wildman–Crippen LogP) is 0.967. The average molecular weight is 361 g/mol. The van der Waals surface area contributed by atoms with Crippen molar-refractivity contribution in [3.63, 3.8) is 0 Å². The second-order valence-corrected chi connectivity index (χ2v) is 7.87. The first-order chi connectivity index (χ1) is 12.6. The highest BCUT2D eigenvalue weighted by Gasteiger charge is 2.42. The van der Waals surface area contributed by atoms with E-state index in [4.69, 9.17) is 4.74 Å². The summed E-state index contributed by atoms with van der Waals surface area (Å²) >= 11 is 0. The van der Waals surface area contributed by atoms with Crippen LogP contribution in [0.15, 0.2) is 0 Å². The van der Waals surface area contributed by atoms with E-state index in [0.29, 0.717) is 43.9 Å². The fraction of sp³-hybridized carbons (Fsp3) is 0.778. The van der Waals surface area contributed by atoms with Crippen molar-refractivity contribution < 1.29 is 14.3 Å². The molecule has 0 unspecified atom stereocenters. The molecule has 26 heavy (non-hydrogen) atoms. The second-order valence-electron chi connectivity index (χ2n) is 7.87. The van der Waals surface area contributed by atoms with E-state index >= 15 is 0 Å². The highest BCUT2D eigenvalue weighted by Crippen LogP contribution is 2.38. The summed E-state index contributed by atoms with van der Waals surface area (Å²) in [6.07, 6.45) is 4.75. The lowest BCUT2D eigenvalue weighted by Crippen LogP contribution is -2.47. The molecule has 3 heterocycles. The molecule has 2 fully saturated rings. The molecule has 0 radical (unpaired) electrons. The van der Waals surface area contributed by atoms with Gasteiger partial charge >= 0.3 is 0 Å². The molecule has 0 aromatic carbocycles. The van der Waals surface area contributed by atoms with Crippen LogP contribution in [0.25, 0.3) is 0 Å². The number of nitrogens with one attached hydrogen (secondary N) is 1. The van der Waals surface area contributed by atoms with Crippen LogP contribution in [0.3, 0.4) is 0 Å². The number of amides is 2. The van der Waals surface area contributed by atoms with E-state index in [0.717, 1.165) is 45.2 Å². The highest BCUT2D eigenvalue weighted by molar-refractivity contribution is 5.90. The number of nitrogens with zero attached hydrogens (tertiary/aromatic N) is 4. The van der Waals surface area contributed by atoms with Crippen molar-refractivity contribution in [2.75, 3.05) is 26.2 Å². The third kappa shape index (κ3) is 3.34. The zero-order chi connectivity index (χ0) is 18.1. The normalized spacial score (nSPS) is 22.0. The molecule has 1 aromatic heterocycles. The number of carbonyl (C=O) groups is 2. The molecule has 1 saturated heterocycles. The van der Waals surface area contributed by atoms with E-state index in [1.807, 2.05) is 16.4 Å². The van der Waals surface area contributed by atoms with E-state index < -0.39 is 0 Å². The Kier molecular flexibility index (Phi) is 4.69. The van der Waals surface area contributed by atoms with Crippen LogP contribution in [-0.2, 0) is 22.7 Å². The van der Waals surface area contributed by atoms with Gasteiger partial charge in [0.25, 0.3) is 5.91 Å². The molecule has 8 nitrogen and oxygen atoms in total. The average Bonchev–Trinajstić information content (AvgIpc) is 3.45. The number of ether oxygens (including phenoxy) is 1. The smallest absolute Gasteiger partial charge is 0.289 e. The molecule has 0 atom stereocenters. The Balaban J connectivity index is 1.48. The molecular formula is C18H27N5O3. The van der Waals surface area contributed by atoms with Crippen LogP contribution in [0.2, 0.25) is 0 Å². The third-order valence-corrected chi connectivity index (χ3v) is 5.76. The van der Waals surface area contributed by atoms with Gasteiger partial charge in [-0.25, -0.2) is 0 Å². The minimum absolute atomic E-state index is 0.0618. The number of likely N-dealkylation sites (tertiary alicyclic amines) is 1. The Morgan fingerprint density at radius 3 is 2.73 bits per heavy atom. The topological polar surface area (TPSA) is 89.4 Å². The number of rotatable bonds is 4. The number of fused-ring (bicyclic) bond motifs is 1. The predicted molar refractivity (Wildman–Crippen MR) is 93.3 cm³/mol. The number of aromatic nitrogens is 3. The van der Waals surface area contributed by atoms with E-state index in [1.54, 1.807) is 0 Å². The van der Waals surface area contributed by atoms with Crippen LogP contribution in [0.5, 0.6) is 0 Å². The third-order valence-electron chi connectivity index (χ3n) is 5.76. The van der Waals surface area contributed by atoms with E-state index in [1.165, 1.54) is 0 Å². The lowest BCUT2D eigenvalue weighted by molar-refractivity contribution is -0.135. The van der Waals surface area contributed by atoms with Crippen molar-refractivity contribution in [3.8, 4) is 0 Å². The lowest BCUT2D eigenvalue weighted by Gasteiger charge is -2.41. The van der Waals surface area contributed by atoms with Gasteiger partial charge in [0, 0.05) is 37.5 Å². The molecule has 142 valence electrons. The fourth-order valence-corrected chi connectivity index (χ4v) is 3.93. The molecule has 1 spiro atoms. The first-order valence-corrected chi connectivity index (χ1v) is 9.69. The summed E-state index contributed by atoms with van der Waals surface area (Å²) in [5.41, 5.74) is -0.0618. The fourth-order valence-electron chi connectivity index (χ4n) is 3.93. The summed E-state index contributed by atoms with van der Waals surface area (Å²) in [4.78, 5) is 26.7. The Morgan fingerprint density at radius 1 is 1.27 bits per heavy atom. The van der Waals surface area contributed by atoms with Crippen LogP contribution >= 0.6 is 0 Å². The molecule has 1 saturated carbocycles. The van der Waals surface area contributed by atoms with Gasteiger partial charge in [-0.05, 0) is 32.1 Å². The van der Waals surface area contributed by atoms with Gasteiger partial charge in [-0.3, -0.25) is 9.59 Å². The van der Waals surface area contributed by atoms with Gasteiger partial charge < -0.3 is 19.5 Å². The molecule has 1 aliphatic carbocycles. The minimum Gasteiger partial charge on any atom is -0.373 e. The number of piperidine rings is 1. The SMILES string of the molecule is CCCNC(=O)c1nnc2n1CC1(CCN(C(=O)C3CC3)CC1)COC2. The molecular weight excluding hydrogens is 334 g/mol. The maximum Gasteiger partial charge on any atom is 0.289 e. The largest absolute Gasteiger partial charge is 0.373 e. The second kappa shape index (κ2) is 6.98. The zero-order valence-electron chi connectivity index (χ0n) is 15.4. The van der Waals surface area contributed by atoms with Crippen LogP contribution < -0.4 is 5.32 Å². The van der Waals surface area contributed by atoms with Gasteiger partial charge in [-0.15, -0.1) is 10.2 Å². The Hall–Kier alpha value is -1.96. The highest BCUT2D eigenvalue weighted by atomic mass is 16.5. The van der Waals surface area contributed by atoms with Crippen LogP contribution in [-0.4, -0.2) is 57.7 Å². The van der Waals surface area contributed by atoms with Crippen molar-refractivity contribution in [3.05, 3.63) is 11.6 Å². The van der Waals surface area contributed by atoms with Crippen molar-refractivity contribution >= 4 is 11.8 Å². The van der Waals surface area contributed by atoms with Crippen molar-refractivity contribution in [2.45, 2.75) is 52.2 Å². The van der Waals surface area contributed by atoms with Crippen LogP contribution in [0, 0.1) is 11.3 Å². The molecule has 8 heteroatoms. The maximum absolute atomic E-state index is 12.4.